The van der Waals surface area contributed by atoms with Gasteiger partial charge in [-0.25, -0.2) is 9.59 Å². The highest BCUT2D eigenvalue weighted by Gasteiger charge is 2.15. The van der Waals surface area contributed by atoms with Gasteiger partial charge in [0.25, 0.3) is 0 Å². The third-order valence-corrected chi connectivity index (χ3v) is 1.64. The molecule has 17 heavy (non-hydrogen) atoms. The number of methoxy groups -OCH3 is 1. The van der Waals surface area contributed by atoms with E-state index in [1.165, 1.54) is 13.2 Å². The van der Waals surface area contributed by atoms with Gasteiger partial charge in [-0.3, -0.25) is 4.79 Å². The van der Waals surface area contributed by atoms with Crippen LogP contribution in [0.4, 0.5) is 0 Å². The SMILES string of the molecule is COCCC=C(CC(=O)O)C(=O)OCC(=O)O. The maximum atomic E-state index is 11.3. The highest BCUT2D eigenvalue weighted by molar-refractivity contribution is 5.94. The second kappa shape index (κ2) is 8.28. The smallest absolute Gasteiger partial charge is 0.341 e. The number of hydrogen-bond acceptors (Lipinski definition) is 5. The molecule has 96 valence electrons. The lowest BCUT2D eigenvalue weighted by atomic mass is 10.1. The molecule has 0 aliphatic heterocycles. The normalized spacial score (nSPS) is 11.0. The molecule has 0 aromatic rings. The Bertz CT molecular complexity index is 319. The molecule has 0 spiro atoms. The van der Waals surface area contributed by atoms with E-state index in [-0.39, 0.29) is 5.57 Å². The molecule has 0 saturated carbocycles. The summed E-state index contributed by atoms with van der Waals surface area (Å²) in [6.07, 6.45) is 1.20. The molecule has 0 heterocycles. The number of rotatable bonds is 8. The highest BCUT2D eigenvalue weighted by atomic mass is 16.5. The highest BCUT2D eigenvalue weighted by Crippen LogP contribution is 2.06. The lowest BCUT2D eigenvalue weighted by Gasteiger charge is -2.04. The van der Waals surface area contributed by atoms with Crippen molar-refractivity contribution in [3.8, 4) is 0 Å². The fourth-order valence-corrected chi connectivity index (χ4v) is 0.962. The van der Waals surface area contributed by atoms with Crippen LogP contribution in [0.1, 0.15) is 12.8 Å². The minimum atomic E-state index is -1.30. The number of carbonyl (C=O) groups is 3. The Hall–Kier alpha value is -1.89. The Morgan fingerprint density at radius 1 is 1.18 bits per heavy atom. The molecule has 0 rings (SSSR count). The topological polar surface area (TPSA) is 110 Å². The van der Waals surface area contributed by atoms with Crippen LogP contribution in [0.3, 0.4) is 0 Å². The van der Waals surface area contributed by atoms with Crippen molar-refractivity contribution in [3.05, 3.63) is 11.6 Å². The Balaban J connectivity index is 4.44. The van der Waals surface area contributed by atoms with Crippen molar-refractivity contribution in [3.63, 3.8) is 0 Å². The van der Waals surface area contributed by atoms with E-state index in [1.54, 1.807) is 0 Å². The molecule has 0 aliphatic carbocycles. The average Bonchev–Trinajstić information content (AvgIpc) is 2.24. The molecule has 0 atom stereocenters. The lowest BCUT2D eigenvalue weighted by molar-refractivity contribution is -0.153. The molecule has 0 radical (unpaired) electrons. The molecule has 0 amide bonds. The van der Waals surface area contributed by atoms with E-state index >= 15 is 0 Å². The molecule has 0 fully saturated rings. The van der Waals surface area contributed by atoms with Crippen LogP contribution >= 0.6 is 0 Å². The van der Waals surface area contributed by atoms with Crippen molar-refractivity contribution >= 4 is 17.9 Å². The Kier molecular flexibility index (Phi) is 7.36. The Morgan fingerprint density at radius 2 is 1.82 bits per heavy atom. The standard InChI is InChI=1S/C10H14O7/c1-16-4-2-3-7(5-8(11)12)10(15)17-6-9(13)14/h3H,2,4-6H2,1H3,(H,11,12)(H,13,14). The number of carboxylic acids is 2. The summed E-state index contributed by atoms with van der Waals surface area (Å²) in [6, 6.07) is 0. The molecule has 0 unspecified atom stereocenters. The van der Waals surface area contributed by atoms with Crippen LogP contribution < -0.4 is 0 Å². The monoisotopic (exact) mass is 246 g/mol. The third kappa shape index (κ3) is 7.97. The summed E-state index contributed by atoms with van der Waals surface area (Å²) in [6.45, 7) is -0.463. The van der Waals surface area contributed by atoms with Crippen LogP contribution in [-0.2, 0) is 23.9 Å². The van der Waals surface area contributed by atoms with Gasteiger partial charge in [0, 0.05) is 19.3 Å². The van der Waals surface area contributed by atoms with Crippen LogP contribution in [0, 0.1) is 0 Å². The lowest BCUT2D eigenvalue weighted by Crippen LogP contribution is -2.16. The summed E-state index contributed by atoms with van der Waals surface area (Å²) >= 11 is 0. The first-order valence-electron chi connectivity index (χ1n) is 4.76. The molecule has 0 aromatic carbocycles. The van der Waals surface area contributed by atoms with Crippen molar-refractivity contribution in [2.75, 3.05) is 20.3 Å². The zero-order valence-electron chi connectivity index (χ0n) is 9.34. The number of carbonyl (C=O) groups excluding carboxylic acids is 1. The van der Waals surface area contributed by atoms with E-state index < -0.39 is 30.9 Å². The second-order valence-corrected chi connectivity index (χ2v) is 3.05. The van der Waals surface area contributed by atoms with Gasteiger partial charge in [-0.15, -0.1) is 0 Å². The fraction of sp³-hybridized carbons (Fsp3) is 0.500. The molecule has 7 heteroatoms. The number of esters is 1. The summed E-state index contributed by atoms with van der Waals surface area (Å²) in [4.78, 5) is 32.0. The van der Waals surface area contributed by atoms with Crippen molar-refractivity contribution in [1.82, 2.24) is 0 Å². The van der Waals surface area contributed by atoms with Crippen molar-refractivity contribution in [1.29, 1.82) is 0 Å². The summed E-state index contributed by atoms with van der Waals surface area (Å²) < 4.78 is 9.12. The largest absolute Gasteiger partial charge is 0.481 e. The Labute approximate surface area is 97.6 Å². The van der Waals surface area contributed by atoms with E-state index in [0.29, 0.717) is 13.0 Å². The number of hydrogen-bond donors (Lipinski definition) is 2. The summed E-state index contributed by atoms with van der Waals surface area (Å²) in [5.74, 6) is -3.43. The van der Waals surface area contributed by atoms with Gasteiger partial charge in [0.05, 0.1) is 6.42 Å². The van der Waals surface area contributed by atoms with Crippen LogP contribution in [0.5, 0.6) is 0 Å². The molecule has 0 aliphatic rings. The fourth-order valence-electron chi connectivity index (χ4n) is 0.962. The minimum Gasteiger partial charge on any atom is -0.481 e. The van der Waals surface area contributed by atoms with Gasteiger partial charge in [0.2, 0.25) is 0 Å². The molecule has 7 nitrogen and oxygen atoms in total. The van der Waals surface area contributed by atoms with Crippen molar-refractivity contribution in [2.45, 2.75) is 12.8 Å². The first-order chi connectivity index (χ1) is 7.97. The van der Waals surface area contributed by atoms with Gasteiger partial charge < -0.3 is 19.7 Å². The maximum absolute atomic E-state index is 11.3. The molecule has 0 saturated heterocycles. The van der Waals surface area contributed by atoms with E-state index in [0.717, 1.165) is 0 Å². The van der Waals surface area contributed by atoms with Crippen LogP contribution in [0.15, 0.2) is 11.6 Å². The number of carboxylic acid groups (broad SMARTS) is 2. The van der Waals surface area contributed by atoms with Gasteiger partial charge in [-0.1, -0.05) is 6.08 Å². The van der Waals surface area contributed by atoms with Crippen LogP contribution in [0.25, 0.3) is 0 Å². The van der Waals surface area contributed by atoms with Crippen molar-refractivity contribution < 1.29 is 34.1 Å². The van der Waals surface area contributed by atoms with E-state index in [1.807, 2.05) is 0 Å². The van der Waals surface area contributed by atoms with E-state index in [2.05, 4.69) is 4.74 Å². The zero-order valence-corrected chi connectivity index (χ0v) is 9.34. The molecule has 0 aromatic heterocycles. The molecular formula is C10H14O7. The Morgan fingerprint density at radius 3 is 2.29 bits per heavy atom. The van der Waals surface area contributed by atoms with E-state index in [4.69, 9.17) is 14.9 Å². The minimum absolute atomic E-state index is 0.0872. The third-order valence-electron chi connectivity index (χ3n) is 1.64. The van der Waals surface area contributed by atoms with Gasteiger partial charge in [-0.05, 0) is 6.42 Å². The quantitative estimate of drug-likeness (QED) is 0.353. The van der Waals surface area contributed by atoms with Gasteiger partial charge in [0.15, 0.2) is 6.61 Å². The maximum Gasteiger partial charge on any atom is 0.341 e. The zero-order chi connectivity index (χ0) is 13.3. The van der Waals surface area contributed by atoms with Crippen LogP contribution in [0.2, 0.25) is 0 Å². The average molecular weight is 246 g/mol. The second-order valence-electron chi connectivity index (χ2n) is 3.05. The summed E-state index contributed by atoms with van der Waals surface area (Å²) in [7, 11) is 1.47. The van der Waals surface area contributed by atoms with E-state index in [9.17, 15) is 14.4 Å². The van der Waals surface area contributed by atoms with Gasteiger partial charge in [0.1, 0.15) is 0 Å². The summed E-state index contributed by atoms with van der Waals surface area (Å²) in [5.41, 5.74) is -0.0872. The molecule has 2 N–H and O–H groups in total. The number of ether oxygens (including phenoxy) is 2. The van der Waals surface area contributed by atoms with Crippen molar-refractivity contribution in [2.24, 2.45) is 0 Å². The molecule has 0 bridgehead atoms. The molecular weight excluding hydrogens is 232 g/mol. The first kappa shape index (κ1) is 15.1. The summed E-state index contributed by atoms with van der Waals surface area (Å²) in [5, 5.41) is 16.9. The van der Waals surface area contributed by atoms with Gasteiger partial charge >= 0.3 is 17.9 Å². The number of aliphatic carboxylic acids is 2. The predicted molar refractivity (Wildman–Crippen MR) is 55.4 cm³/mol. The first-order valence-corrected chi connectivity index (χ1v) is 4.76. The predicted octanol–water partition coefficient (Wildman–Crippen LogP) is 0.0518. The van der Waals surface area contributed by atoms with Gasteiger partial charge in [-0.2, -0.15) is 0 Å². The van der Waals surface area contributed by atoms with Crippen LogP contribution in [-0.4, -0.2) is 48.4 Å².